The zero-order chi connectivity index (χ0) is 17.0. The van der Waals surface area contributed by atoms with Crippen LogP contribution in [0.4, 0.5) is 10.5 Å². The van der Waals surface area contributed by atoms with E-state index in [1.807, 2.05) is 33.8 Å². The lowest BCUT2D eigenvalue weighted by atomic mass is 9.97. The van der Waals surface area contributed by atoms with Gasteiger partial charge in [-0.05, 0) is 24.6 Å². The van der Waals surface area contributed by atoms with Crippen LogP contribution < -0.4 is 5.32 Å². The Hall–Kier alpha value is -2.08. The molecule has 0 atom stereocenters. The number of aliphatic hydroxyl groups is 1. The normalized spacial score (nSPS) is 11.7. The summed E-state index contributed by atoms with van der Waals surface area (Å²) < 4.78 is 5.75. The molecule has 1 heterocycles. The smallest absolute Gasteiger partial charge is 0.321 e. The number of rotatable bonds is 5. The Morgan fingerprint density at radius 2 is 2.09 bits per heavy atom. The van der Waals surface area contributed by atoms with Gasteiger partial charge in [-0.25, -0.2) is 9.78 Å². The van der Waals surface area contributed by atoms with E-state index < -0.39 is 0 Å². The maximum atomic E-state index is 12.3. The molecule has 0 aliphatic heterocycles. The minimum atomic E-state index is -0.222. The summed E-state index contributed by atoms with van der Waals surface area (Å²) in [6.45, 7) is 8.98. The third-order valence-electron chi connectivity index (χ3n) is 3.43. The fraction of sp³-hybridized carbons (Fsp3) is 0.529. The van der Waals surface area contributed by atoms with Gasteiger partial charge in [-0.2, -0.15) is 0 Å². The molecule has 1 aromatic heterocycles. The van der Waals surface area contributed by atoms with Gasteiger partial charge >= 0.3 is 6.03 Å². The third-order valence-corrected chi connectivity index (χ3v) is 3.43. The number of aliphatic hydroxyl groups excluding tert-OH is 1. The van der Waals surface area contributed by atoms with E-state index >= 15 is 0 Å². The van der Waals surface area contributed by atoms with Crippen molar-refractivity contribution in [1.82, 2.24) is 9.88 Å². The second-order valence-electron chi connectivity index (χ2n) is 6.59. The van der Waals surface area contributed by atoms with Gasteiger partial charge < -0.3 is 19.7 Å². The molecule has 6 heteroatoms. The van der Waals surface area contributed by atoms with E-state index in [2.05, 4.69) is 10.3 Å². The van der Waals surface area contributed by atoms with Crippen molar-refractivity contribution in [3.8, 4) is 0 Å². The molecule has 0 aliphatic rings. The number of carbonyl (C=O) groups excluding carboxylic acids is 1. The average Bonchev–Trinajstić information content (AvgIpc) is 2.90. The van der Waals surface area contributed by atoms with Gasteiger partial charge in [-0.15, -0.1) is 0 Å². The number of oxazole rings is 1. The molecule has 0 saturated carbocycles. The maximum absolute atomic E-state index is 12.3. The predicted molar refractivity (Wildman–Crippen MR) is 90.7 cm³/mol. The number of anilines is 1. The third kappa shape index (κ3) is 4.22. The number of aromatic nitrogens is 1. The highest BCUT2D eigenvalue weighted by Gasteiger charge is 2.21. The lowest BCUT2D eigenvalue weighted by Crippen LogP contribution is -2.37. The van der Waals surface area contributed by atoms with E-state index in [0.29, 0.717) is 30.3 Å². The van der Waals surface area contributed by atoms with Crippen molar-refractivity contribution in [1.29, 1.82) is 0 Å². The second kappa shape index (κ2) is 7.00. The van der Waals surface area contributed by atoms with Gasteiger partial charge in [0, 0.05) is 24.2 Å². The number of hydrogen-bond donors (Lipinski definition) is 2. The summed E-state index contributed by atoms with van der Waals surface area (Å²) in [4.78, 5) is 18.3. The summed E-state index contributed by atoms with van der Waals surface area (Å²) in [7, 11) is 0. The summed E-state index contributed by atoms with van der Waals surface area (Å²) in [6, 6.07) is 5.18. The molecular formula is C17H25N3O3. The molecule has 0 spiro atoms. The molecule has 0 bridgehead atoms. The molecule has 0 radical (unpaired) electrons. The number of benzene rings is 1. The van der Waals surface area contributed by atoms with Crippen molar-refractivity contribution in [2.24, 2.45) is 0 Å². The topological polar surface area (TPSA) is 78.6 Å². The van der Waals surface area contributed by atoms with Crippen molar-refractivity contribution in [3.05, 3.63) is 24.1 Å². The van der Waals surface area contributed by atoms with Gasteiger partial charge in [0.25, 0.3) is 0 Å². The SMILES string of the molecule is CCCN(CCO)C(=O)Nc1ccc2oc(C(C)(C)C)nc2c1. The molecule has 2 aromatic rings. The zero-order valence-corrected chi connectivity index (χ0v) is 14.2. The molecule has 6 nitrogen and oxygen atoms in total. The van der Waals surface area contributed by atoms with Crippen LogP contribution in [0.25, 0.3) is 11.1 Å². The van der Waals surface area contributed by atoms with Crippen molar-refractivity contribution in [3.63, 3.8) is 0 Å². The fourth-order valence-electron chi connectivity index (χ4n) is 2.23. The van der Waals surface area contributed by atoms with Gasteiger partial charge in [0.2, 0.25) is 5.89 Å². The Morgan fingerprint density at radius 1 is 1.35 bits per heavy atom. The lowest BCUT2D eigenvalue weighted by molar-refractivity contribution is 0.188. The number of nitrogens with one attached hydrogen (secondary N) is 1. The van der Waals surface area contributed by atoms with Crippen LogP contribution in [0, 0.1) is 0 Å². The number of urea groups is 1. The first-order chi connectivity index (χ1) is 10.8. The van der Waals surface area contributed by atoms with Gasteiger partial charge in [0.1, 0.15) is 5.52 Å². The maximum Gasteiger partial charge on any atom is 0.321 e. The zero-order valence-electron chi connectivity index (χ0n) is 14.2. The summed E-state index contributed by atoms with van der Waals surface area (Å²) in [5.41, 5.74) is 1.92. The van der Waals surface area contributed by atoms with E-state index in [0.717, 1.165) is 11.9 Å². The number of hydrogen-bond acceptors (Lipinski definition) is 4. The molecule has 2 rings (SSSR count). The minimum Gasteiger partial charge on any atom is -0.440 e. The van der Waals surface area contributed by atoms with Crippen LogP contribution in [0.15, 0.2) is 22.6 Å². The summed E-state index contributed by atoms with van der Waals surface area (Å²) in [5.74, 6) is 0.670. The molecule has 0 aliphatic carbocycles. The average molecular weight is 319 g/mol. The molecule has 0 unspecified atom stereocenters. The van der Waals surface area contributed by atoms with E-state index in [4.69, 9.17) is 9.52 Å². The lowest BCUT2D eigenvalue weighted by Gasteiger charge is -2.21. The van der Waals surface area contributed by atoms with Crippen LogP contribution in [-0.2, 0) is 5.41 Å². The van der Waals surface area contributed by atoms with Gasteiger partial charge in [-0.1, -0.05) is 27.7 Å². The number of nitrogens with zero attached hydrogens (tertiary/aromatic N) is 2. The van der Waals surface area contributed by atoms with E-state index in [1.54, 1.807) is 17.0 Å². The van der Waals surface area contributed by atoms with E-state index in [9.17, 15) is 4.79 Å². The van der Waals surface area contributed by atoms with Gasteiger partial charge in [0.15, 0.2) is 5.58 Å². The van der Waals surface area contributed by atoms with Crippen LogP contribution in [0.5, 0.6) is 0 Å². The molecule has 0 saturated heterocycles. The second-order valence-corrected chi connectivity index (χ2v) is 6.59. The van der Waals surface area contributed by atoms with E-state index in [1.165, 1.54) is 0 Å². The number of carbonyl (C=O) groups is 1. The van der Waals surface area contributed by atoms with Crippen LogP contribution >= 0.6 is 0 Å². The van der Waals surface area contributed by atoms with Crippen LogP contribution in [0.2, 0.25) is 0 Å². The van der Waals surface area contributed by atoms with Crippen LogP contribution in [0.1, 0.15) is 40.0 Å². The largest absolute Gasteiger partial charge is 0.440 e. The highest BCUT2D eigenvalue weighted by Crippen LogP contribution is 2.27. The molecule has 2 amide bonds. The van der Waals surface area contributed by atoms with E-state index in [-0.39, 0.29) is 18.1 Å². The highest BCUT2D eigenvalue weighted by atomic mass is 16.3. The number of amides is 2. The Labute approximate surface area is 136 Å². The monoisotopic (exact) mass is 319 g/mol. The molecular weight excluding hydrogens is 294 g/mol. The Balaban J connectivity index is 2.18. The van der Waals surface area contributed by atoms with Crippen molar-refractivity contribution >= 4 is 22.8 Å². The minimum absolute atomic E-state index is 0.0509. The molecule has 2 N–H and O–H groups in total. The number of fused-ring (bicyclic) bond motifs is 1. The van der Waals surface area contributed by atoms with Crippen molar-refractivity contribution in [2.75, 3.05) is 25.0 Å². The van der Waals surface area contributed by atoms with Crippen molar-refractivity contribution in [2.45, 2.75) is 39.5 Å². The van der Waals surface area contributed by atoms with Crippen LogP contribution in [-0.4, -0.2) is 40.7 Å². The summed E-state index contributed by atoms with van der Waals surface area (Å²) >= 11 is 0. The molecule has 23 heavy (non-hydrogen) atoms. The Morgan fingerprint density at radius 3 is 2.70 bits per heavy atom. The summed E-state index contributed by atoms with van der Waals surface area (Å²) in [5, 5.41) is 11.9. The molecule has 0 fully saturated rings. The Bertz CT molecular complexity index is 667. The van der Waals surface area contributed by atoms with Crippen LogP contribution in [0.3, 0.4) is 0 Å². The first-order valence-electron chi connectivity index (χ1n) is 7.93. The molecule has 126 valence electrons. The van der Waals surface area contributed by atoms with Crippen molar-refractivity contribution < 1.29 is 14.3 Å². The standard InChI is InChI=1S/C17H25N3O3/c1-5-8-20(9-10-21)16(22)18-12-6-7-14-13(11-12)19-15(23-14)17(2,3)4/h6-7,11,21H,5,8-10H2,1-4H3,(H,18,22). The van der Waals surface area contributed by atoms with Gasteiger partial charge in [0.05, 0.1) is 6.61 Å². The summed E-state index contributed by atoms with van der Waals surface area (Å²) in [6.07, 6.45) is 0.838. The predicted octanol–water partition coefficient (Wildman–Crippen LogP) is 3.36. The first kappa shape index (κ1) is 17.3. The fourth-order valence-corrected chi connectivity index (χ4v) is 2.23. The van der Waals surface area contributed by atoms with Gasteiger partial charge in [-0.3, -0.25) is 0 Å². The highest BCUT2D eigenvalue weighted by molar-refractivity contribution is 5.91. The Kier molecular flexibility index (Phi) is 5.26. The molecule has 1 aromatic carbocycles. The first-order valence-corrected chi connectivity index (χ1v) is 7.93. The quantitative estimate of drug-likeness (QED) is 0.885.